The number of ether oxygens (including phenoxy) is 2. The topological polar surface area (TPSA) is 98.3 Å². The molecule has 9 heteroatoms. The lowest BCUT2D eigenvalue weighted by Gasteiger charge is -2.22. The first-order chi connectivity index (χ1) is 15.5. The summed E-state index contributed by atoms with van der Waals surface area (Å²) >= 11 is 0. The molecule has 0 aliphatic heterocycles. The fraction of sp³-hybridized carbons (Fsp3) is 0.348. The van der Waals surface area contributed by atoms with Crippen LogP contribution in [0.3, 0.4) is 0 Å². The number of furan rings is 1. The van der Waals surface area contributed by atoms with Gasteiger partial charge in [-0.05, 0) is 37.3 Å². The van der Waals surface area contributed by atoms with Gasteiger partial charge in [-0.3, -0.25) is 9.59 Å². The zero-order valence-corrected chi connectivity index (χ0v) is 18.7. The predicted octanol–water partition coefficient (Wildman–Crippen LogP) is 3.46. The van der Waals surface area contributed by atoms with Crippen LogP contribution in [0.25, 0.3) is 11.3 Å². The van der Waals surface area contributed by atoms with E-state index in [1.807, 2.05) is 6.92 Å². The van der Waals surface area contributed by atoms with Crippen LogP contribution in [0.4, 0.5) is 0 Å². The van der Waals surface area contributed by atoms with Crippen LogP contribution in [0, 0.1) is 0 Å². The van der Waals surface area contributed by atoms with E-state index in [0.29, 0.717) is 35.1 Å². The Morgan fingerprint density at radius 1 is 1.12 bits per heavy atom. The Labute approximate surface area is 186 Å². The van der Waals surface area contributed by atoms with E-state index in [4.69, 9.17) is 18.4 Å². The third-order valence-corrected chi connectivity index (χ3v) is 5.11. The van der Waals surface area contributed by atoms with E-state index in [9.17, 15) is 9.59 Å². The monoisotopic (exact) mass is 441 g/mol. The van der Waals surface area contributed by atoms with Crippen molar-refractivity contribution in [1.29, 1.82) is 0 Å². The minimum absolute atomic E-state index is 0.0493. The highest BCUT2D eigenvalue weighted by molar-refractivity contribution is 5.93. The Morgan fingerprint density at radius 2 is 1.94 bits per heavy atom. The number of benzene rings is 1. The normalized spacial score (nSPS) is 10.6. The van der Waals surface area contributed by atoms with Crippen molar-refractivity contribution in [1.82, 2.24) is 15.0 Å². The van der Waals surface area contributed by atoms with Gasteiger partial charge < -0.3 is 28.2 Å². The molecule has 32 heavy (non-hydrogen) atoms. The molecule has 2 aromatic heterocycles. The number of nitrogens with zero attached hydrogens (tertiary/aromatic N) is 3. The van der Waals surface area contributed by atoms with Crippen LogP contribution >= 0.6 is 0 Å². The fourth-order valence-electron chi connectivity index (χ4n) is 3.11. The number of carbonyl (C=O) groups is 2. The summed E-state index contributed by atoms with van der Waals surface area (Å²) in [4.78, 5) is 28.6. The second-order valence-corrected chi connectivity index (χ2v) is 7.11. The molecule has 0 saturated carbocycles. The molecule has 2 heterocycles. The standard InChI is InChI=1S/C23H27N3O6/c1-5-25(2)22(27)10-11-26(15-17-7-6-12-31-17)23(28)19-14-21(32-24-19)18-13-16(29-3)8-9-20(18)30-4/h6-9,12-14H,5,10-11,15H2,1-4H3. The van der Waals surface area contributed by atoms with Gasteiger partial charge in [0.15, 0.2) is 11.5 Å². The first kappa shape index (κ1) is 22.9. The molecule has 0 saturated heterocycles. The van der Waals surface area contributed by atoms with Crippen molar-refractivity contribution in [3.8, 4) is 22.8 Å². The maximum atomic E-state index is 13.2. The molecule has 3 aromatic rings. The van der Waals surface area contributed by atoms with Gasteiger partial charge in [-0.25, -0.2) is 0 Å². The summed E-state index contributed by atoms with van der Waals surface area (Å²) in [6.45, 7) is 2.92. The zero-order valence-electron chi connectivity index (χ0n) is 18.7. The first-order valence-electron chi connectivity index (χ1n) is 10.2. The highest BCUT2D eigenvalue weighted by Gasteiger charge is 2.24. The Kier molecular flexibility index (Phi) is 7.54. The van der Waals surface area contributed by atoms with Crippen molar-refractivity contribution in [3.05, 3.63) is 54.1 Å². The largest absolute Gasteiger partial charge is 0.497 e. The van der Waals surface area contributed by atoms with E-state index in [-0.39, 0.29) is 37.0 Å². The van der Waals surface area contributed by atoms with Gasteiger partial charge in [-0.15, -0.1) is 0 Å². The van der Waals surface area contributed by atoms with Crippen LogP contribution in [0.2, 0.25) is 0 Å². The molecule has 0 N–H and O–H groups in total. The highest BCUT2D eigenvalue weighted by Crippen LogP contribution is 2.34. The molecule has 2 amide bonds. The maximum absolute atomic E-state index is 13.2. The molecule has 3 rings (SSSR count). The number of carbonyl (C=O) groups excluding carboxylic acids is 2. The van der Waals surface area contributed by atoms with E-state index in [0.717, 1.165) is 0 Å². The van der Waals surface area contributed by atoms with Crippen LogP contribution < -0.4 is 9.47 Å². The van der Waals surface area contributed by atoms with Gasteiger partial charge >= 0.3 is 0 Å². The fourth-order valence-corrected chi connectivity index (χ4v) is 3.11. The van der Waals surface area contributed by atoms with E-state index < -0.39 is 0 Å². The Balaban J connectivity index is 1.83. The van der Waals surface area contributed by atoms with E-state index in [1.54, 1.807) is 62.6 Å². The second-order valence-electron chi connectivity index (χ2n) is 7.11. The van der Waals surface area contributed by atoms with Crippen molar-refractivity contribution in [3.63, 3.8) is 0 Å². The number of aromatic nitrogens is 1. The van der Waals surface area contributed by atoms with Gasteiger partial charge in [0.25, 0.3) is 5.91 Å². The molecule has 0 atom stereocenters. The van der Waals surface area contributed by atoms with Crippen molar-refractivity contribution in [2.45, 2.75) is 19.9 Å². The number of methoxy groups -OCH3 is 2. The van der Waals surface area contributed by atoms with Gasteiger partial charge in [-0.2, -0.15) is 0 Å². The second kappa shape index (κ2) is 10.5. The van der Waals surface area contributed by atoms with Gasteiger partial charge in [0.1, 0.15) is 17.3 Å². The van der Waals surface area contributed by atoms with E-state index >= 15 is 0 Å². The number of rotatable bonds is 10. The average Bonchev–Trinajstić information content (AvgIpc) is 3.52. The lowest BCUT2D eigenvalue weighted by Crippen LogP contribution is -2.35. The minimum Gasteiger partial charge on any atom is -0.497 e. The third-order valence-electron chi connectivity index (χ3n) is 5.11. The zero-order chi connectivity index (χ0) is 23.1. The molecule has 0 aliphatic carbocycles. The SMILES string of the molecule is CCN(C)C(=O)CCN(Cc1ccco1)C(=O)c1cc(-c2cc(OC)ccc2OC)on1. The van der Waals surface area contributed by atoms with Crippen LogP contribution in [-0.4, -0.2) is 61.1 Å². The smallest absolute Gasteiger partial charge is 0.276 e. The molecule has 0 unspecified atom stereocenters. The van der Waals surface area contributed by atoms with Gasteiger partial charge in [0.2, 0.25) is 5.91 Å². The van der Waals surface area contributed by atoms with Gasteiger partial charge in [0.05, 0.1) is 32.6 Å². The van der Waals surface area contributed by atoms with Crippen molar-refractivity contribution in [2.75, 3.05) is 34.4 Å². The van der Waals surface area contributed by atoms with Crippen molar-refractivity contribution < 1.29 is 28.0 Å². The lowest BCUT2D eigenvalue weighted by molar-refractivity contribution is -0.129. The summed E-state index contributed by atoms with van der Waals surface area (Å²) in [6.07, 6.45) is 1.72. The third kappa shape index (κ3) is 5.29. The van der Waals surface area contributed by atoms with Crippen LogP contribution in [0.1, 0.15) is 29.6 Å². The van der Waals surface area contributed by atoms with Crippen LogP contribution in [-0.2, 0) is 11.3 Å². The molecule has 0 bridgehead atoms. The molecule has 1 aromatic carbocycles. The maximum Gasteiger partial charge on any atom is 0.276 e. The van der Waals surface area contributed by atoms with Gasteiger partial charge in [-0.1, -0.05) is 5.16 Å². The quantitative estimate of drug-likeness (QED) is 0.475. The summed E-state index contributed by atoms with van der Waals surface area (Å²) < 4.78 is 21.5. The summed E-state index contributed by atoms with van der Waals surface area (Å²) in [5.41, 5.74) is 0.725. The molecule has 170 valence electrons. The summed E-state index contributed by atoms with van der Waals surface area (Å²) in [6, 6.07) is 10.3. The molecular weight excluding hydrogens is 414 g/mol. The summed E-state index contributed by atoms with van der Waals surface area (Å²) in [7, 11) is 4.83. The number of hydrogen-bond acceptors (Lipinski definition) is 7. The van der Waals surface area contributed by atoms with Crippen molar-refractivity contribution >= 4 is 11.8 Å². The number of amides is 2. The Morgan fingerprint density at radius 3 is 2.59 bits per heavy atom. The summed E-state index contributed by atoms with van der Waals surface area (Å²) in [5.74, 6) is 1.72. The Bertz CT molecular complexity index is 1040. The van der Waals surface area contributed by atoms with E-state index in [2.05, 4.69) is 5.16 Å². The van der Waals surface area contributed by atoms with Crippen LogP contribution in [0.5, 0.6) is 11.5 Å². The molecule has 0 fully saturated rings. The predicted molar refractivity (Wildman–Crippen MR) is 116 cm³/mol. The molecule has 0 aliphatic rings. The minimum atomic E-state index is -0.370. The molecule has 0 spiro atoms. The summed E-state index contributed by atoms with van der Waals surface area (Å²) in [5, 5.41) is 3.96. The first-order valence-corrected chi connectivity index (χ1v) is 10.2. The Hall–Kier alpha value is -3.75. The molecule has 9 nitrogen and oxygen atoms in total. The highest BCUT2D eigenvalue weighted by atomic mass is 16.5. The number of hydrogen-bond donors (Lipinski definition) is 0. The lowest BCUT2D eigenvalue weighted by atomic mass is 10.1. The van der Waals surface area contributed by atoms with Crippen LogP contribution in [0.15, 0.2) is 51.6 Å². The van der Waals surface area contributed by atoms with E-state index in [1.165, 1.54) is 11.2 Å². The average molecular weight is 441 g/mol. The molecular formula is C23H27N3O6. The van der Waals surface area contributed by atoms with Crippen molar-refractivity contribution in [2.24, 2.45) is 0 Å². The van der Waals surface area contributed by atoms with Gasteiger partial charge in [0, 0.05) is 32.6 Å². The molecule has 0 radical (unpaired) electrons.